The number of pyridine rings is 2. The first-order chi connectivity index (χ1) is 9.86. The minimum atomic E-state index is 0.579. The number of ether oxygens (including phenoxy) is 1. The zero-order chi connectivity index (χ0) is 13.8. The number of fused-ring (bicyclic) bond motifs is 1. The fourth-order valence-electron chi connectivity index (χ4n) is 1.88. The first kappa shape index (κ1) is 12.3. The van der Waals surface area contributed by atoms with E-state index in [0.29, 0.717) is 18.1 Å². The Morgan fingerprint density at radius 3 is 2.85 bits per heavy atom. The zero-order valence-electron chi connectivity index (χ0n) is 10.9. The molecule has 1 N–H and O–H groups in total. The fourth-order valence-corrected chi connectivity index (χ4v) is 1.88. The van der Waals surface area contributed by atoms with Crippen molar-refractivity contribution in [1.29, 1.82) is 0 Å². The first-order valence-corrected chi connectivity index (χ1v) is 6.16. The fraction of sp³-hybridized carbons (Fsp3) is 0.143. The van der Waals surface area contributed by atoms with Gasteiger partial charge < -0.3 is 10.1 Å². The Balaban J connectivity index is 1.79. The van der Waals surface area contributed by atoms with E-state index >= 15 is 0 Å². The average molecular weight is 267 g/mol. The lowest BCUT2D eigenvalue weighted by Crippen LogP contribution is -2.04. The van der Waals surface area contributed by atoms with Crippen LogP contribution in [0, 0.1) is 0 Å². The molecule has 0 bridgehead atoms. The Labute approximate surface area is 115 Å². The van der Waals surface area contributed by atoms with Gasteiger partial charge in [-0.3, -0.25) is 4.98 Å². The molecule has 3 rings (SSSR count). The quantitative estimate of drug-likeness (QED) is 0.779. The molecule has 20 heavy (non-hydrogen) atoms. The highest BCUT2D eigenvalue weighted by Gasteiger charge is 2.04. The molecular weight excluding hydrogens is 254 g/mol. The second kappa shape index (κ2) is 5.48. The van der Waals surface area contributed by atoms with Gasteiger partial charge in [0.05, 0.1) is 7.11 Å². The molecule has 0 spiro atoms. The second-order valence-electron chi connectivity index (χ2n) is 4.12. The van der Waals surface area contributed by atoms with Crippen LogP contribution < -0.4 is 10.1 Å². The monoisotopic (exact) mass is 267 g/mol. The van der Waals surface area contributed by atoms with Gasteiger partial charge in [0.1, 0.15) is 11.3 Å². The molecule has 0 aromatic carbocycles. The highest BCUT2D eigenvalue weighted by molar-refractivity contribution is 5.71. The average Bonchev–Trinajstić information content (AvgIpc) is 2.53. The molecular formula is C14H13N5O. The van der Waals surface area contributed by atoms with Gasteiger partial charge in [-0.25, -0.2) is 15.0 Å². The molecule has 6 heteroatoms. The van der Waals surface area contributed by atoms with Crippen LogP contribution in [0.25, 0.3) is 11.2 Å². The first-order valence-electron chi connectivity index (χ1n) is 6.16. The summed E-state index contributed by atoms with van der Waals surface area (Å²) in [7, 11) is 1.61. The number of rotatable bonds is 4. The van der Waals surface area contributed by atoms with Crippen LogP contribution in [0.4, 0.5) is 5.82 Å². The van der Waals surface area contributed by atoms with E-state index in [4.69, 9.17) is 4.74 Å². The number of anilines is 1. The van der Waals surface area contributed by atoms with E-state index in [2.05, 4.69) is 25.3 Å². The summed E-state index contributed by atoms with van der Waals surface area (Å²) in [6.07, 6.45) is 4.98. The minimum absolute atomic E-state index is 0.579. The number of hydrogen-bond donors (Lipinski definition) is 1. The third-order valence-electron chi connectivity index (χ3n) is 2.83. The van der Waals surface area contributed by atoms with Crippen LogP contribution in [-0.4, -0.2) is 27.0 Å². The van der Waals surface area contributed by atoms with Crippen LogP contribution in [0.5, 0.6) is 5.88 Å². The van der Waals surface area contributed by atoms with Crippen molar-refractivity contribution in [2.75, 3.05) is 12.4 Å². The summed E-state index contributed by atoms with van der Waals surface area (Å²) in [6.45, 7) is 0.579. The van der Waals surface area contributed by atoms with Crippen molar-refractivity contribution in [2.45, 2.75) is 6.54 Å². The van der Waals surface area contributed by atoms with Gasteiger partial charge in [0, 0.05) is 30.7 Å². The number of nitrogens with zero attached hydrogens (tertiary/aromatic N) is 4. The molecule has 0 radical (unpaired) electrons. The molecule has 0 unspecified atom stereocenters. The van der Waals surface area contributed by atoms with Gasteiger partial charge in [0.2, 0.25) is 5.88 Å². The number of nitrogens with one attached hydrogen (secondary N) is 1. The van der Waals surface area contributed by atoms with Crippen molar-refractivity contribution in [3.63, 3.8) is 0 Å². The molecule has 3 heterocycles. The van der Waals surface area contributed by atoms with Gasteiger partial charge >= 0.3 is 0 Å². The van der Waals surface area contributed by atoms with Gasteiger partial charge in [-0.05, 0) is 18.2 Å². The van der Waals surface area contributed by atoms with Gasteiger partial charge in [0.15, 0.2) is 5.65 Å². The minimum Gasteiger partial charge on any atom is -0.481 e. The van der Waals surface area contributed by atoms with Gasteiger partial charge in [-0.1, -0.05) is 6.07 Å². The lowest BCUT2D eigenvalue weighted by atomic mass is 10.2. The topological polar surface area (TPSA) is 72.8 Å². The molecule has 3 aromatic heterocycles. The third kappa shape index (κ3) is 2.49. The van der Waals surface area contributed by atoms with E-state index < -0.39 is 0 Å². The summed E-state index contributed by atoms with van der Waals surface area (Å²) in [4.78, 5) is 16.9. The number of aromatic nitrogens is 4. The van der Waals surface area contributed by atoms with E-state index in [9.17, 15) is 0 Å². The largest absolute Gasteiger partial charge is 0.481 e. The molecule has 0 aliphatic carbocycles. The highest BCUT2D eigenvalue weighted by Crippen LogP contribution is 2.16. The molecule has 0 aliphatic rings. The summed E-state index contributed by atoms with van der Waals surface area (Å²) in [6, 6.07) is 7.59. The van der Waals surface area contributed by atoms with Crippen molar-refractivity contribution < 1.29 is 4.74 Å². The van der Waals surface area contributed by atoms with Gasteiger partial charge in [0.25, 0.3) is 0 Å². The van der Waals surface area contributed by atoms with Crippen molar-refractivity contribution >= 4 is 17.0 Å². The number of hydrogen-bond acceptors (Lipinski definition) is 6. The van der Waals surface area contributed by atoms with Crippen molar-refractivity contribution in [3.8, 4) is 5.88 Å². The van der Waals surface area contributed by atoms with Crippen LogP contribution in [-0.2, 0) is 6.54 Å². The van der Waals surface area contributed by atoms with Crippen molar-refractivity contribution in [1.82, 2.24) is 19.9 Å². The van der Waals surface area contributed by atoms with Crippen LogP contribution in [0.3, 0.4) is 0 Å². The smallest absolute Gasteiger partial charge is 0.218 e. The summed E-state index contributed by atoms with van der Waals surface area (Å²) in [5, 5.41) is 3.23. The Bertz CT molecular complexity index is 731. The Morgan fingerprint density at radius 2 is 1.95 bits per heavy atom. The van der Waals surface area contributed by atoms with E-state index in [1.54, 1.807) is 25.7 Å². The Morgan fingerprint density at radius 1 is 1.05 bits per heavy atom. The molecule has 0 aliphatic heterocycles. The van der Waals surface area contributed by atoms with E-state index in [-0.39, 0.29) is 0 Å². The van der Waals surface area contributed by atoms with Crippen LogP contribution >= 0.6 is 0 Å². The van der Waals surface area contributed by atoms with E-state index in [1.165, 1.54) is 0 Å². The van der Waals surface area contributed by atoms with Crippen LogP contribution in [0.1, 0.15) is 5.56 Å². The SMILES string of the molecule is COc1ncccc1CNc1ccc2nccnc2n1. The maximum absolute atomic E-state index is 5.21. The molecule has 0 fully saturated rings. The standard InChI is InChI=1S/C14H13N5O/c1-20-14-10(3-2-6-17-14)9-18-12-5-4-11-13(19-12)16-8-7-15-11/h2-8H,9H2,1H3,(H,16,18,19). The molecule has 0 atom stereocenters. The van der Waals surface area contributed by atoms with Crippen molar-refractivity contribution in [3.05, 3.63) is 48.4 Å². The van der Waals surface area contributed by atoms with Crippen LogP contribution in [0.2, 0.25) is 0 Å². The summed E-state index contributed by atoms with van der Waals surface area (Å²) < 4.78 is 5.21. The Hall–Kier alpha value is -2.76. The summed E-state index contributed by atoms with van der Waals surface area (Å²) in [5.41, 5.74) is 2.36. The highest BCUT2D eigenvalue weighted by atomic mass is 16.5. The molecule has 100 valence electrons. The maximum Gasteiger partial charge on any atom is 0.218 e. The third-order valence-corrected chi connectivity index (χ3v) is 2.83. The summed E-state index contributed by atoms with van der Waals surface area (Å²) >= 11 is 0. The molecule has 3 aromatic rings. The second-order valence-corrected chi connectivity index (χ2v) is 4.12. The van der Waals surface area contributed by atoms with Gasteiger partial charge in [-0.15, -0.1) is 0 Å². The lowest BCUT2D eigenvalue weighted by molar-refractivity contribution is 0.393. The normalized spacial score (nSPS) is 10.4. The van der Waals surface area contributed by atoms with E-state index in [1.807, 2.05) is 24.3 Å². The molecule has 0 amide bonds. The lowest BCUT2D eigenvalue weighted by Gasteiger charge is -2.09. The predicted molar refractivity (Wildman–Crippen MR) is 75.4 cm³/mol. The predicted octanol–water partition coefficient (Wildman–Crippen LogP) is 2.04. The maximum atomic E-state index is 5.21. The molecule has 0 saturated heterocycles. The van der Waals surface area contributed by atoms with Crippen LogP contribution in [0.15, 0.2) is 42.9 Å². The van der Waals surface area contributed by atoms with Crippen molar-refractivity contribution in [2.24, 2.45) is 0 Å². The molecule has 0 saturated carbocycles. The zero-order valence-corrected chi connectivity index (χ0v) is 10.9. The summed E-state index contributed by atoms with van der Waals surface area (Å²) in [5.74, 6) is 1.35. The number of methoxy groups -OCH3 is 1. The van der Waals surface area contributed by atoms with Gasteiger partial charge in [-0.2, -0.15) is 0 Å². The Kier molecular flexibility index (Phi) is 3.36. The van der Waals surface area contributed by atoms with E-state index in [0.717, 1.165) is 16.9 Å². The molecule has 6 nitrogen and oxygen atoms in total.